The lowest BCUT2D eigenvalue weighted by Gasteiger charge is -2.17. The monoisotopic (exact) mass is 488 g/mol. The van der Waals surface area contributed by atoms with Crippen LogP contribution in [0.2, 0.25) is 0 Å². The Kier molecular flexibility index (Phi) is 6.42. The number of nitrogens with one attached hydrogen (secondary N) is 2. The molecule has 8 nitrogen and oxygen atoms in total. The number of aromatic nitrogens is 2. The van der Waals surface area contributed by atoms with Crippen molar-refractivity contribution in [3.8, 4) is 17.2 Å². The average Bonchev–Trinajstić information content (AvgIpc) is 3.48. The number of hydrogen-bond donors (Lipinski definition) is 2. The maximum absolute atomic E-state index is 13.4. The zero-order valence-electron chi connectivity index (χ0n) is 19.0. The summed E-state index contributed by atoms with van der Waals surface area (Å²) in [6.07, 6.45) is -0.435. The second kappa shape index (κ2) is 9.32. The number of rotatable bonds is 8. The SMILES string of the molecule is COc1ccc(Oc2ccc(CNC(=O)C3(NC(=O)c4nccn4C)CC3)cc2)c(C(F)(F)F)c1. The van der Waals surface area contributed by atoms with Crippen LogP contribution in [0.4, 0.5) is 13.2 Å². The Labute approximate surface area is 199 Å². The molecule has 0 bridgehead atoms. The Balaban J connectivity index is 1.36. The van der Waals surface area contributed by atoms with E-state index >= 15 is 0 Å². The van der Waals surface area contributed by atoms with Gasteiger partial charge in [0.05, 0.1) is 7.11 Å². The molecule has 184 valence electrons. The summed E-state index contributed by atoms with van der Waals surface area (Å²) in [5.74, 6) is -0.599. The fraction of sp³-hybridized carbons (Fsp3) is 0.292. The first-order valence-electron chi connectivity index (χ1n) is 10.7. The number of carbonyl (C=O) groups is 2. The minimum atomic E-state index is -4.61. The van der Waals surface area contributed by atoms with Crippen LogP contribution in [-0.4, -0.2) is 34.0 Å². The molecule has 2 N–H and O–H groups in total. The number of benzene rings is 2. The molecule has 1 aromatic heterocycles. The number of halogens is 3. The summed E-state index contributed by atoms with van der Waals surface area (Å²) in [5, 5.41) is 5.55. The topological polar surface area (TPSA) is 94.5 Å². The third-order valence-corrected chi connectivity index (χ3v) is 5.66. The van der Waals surface area contributed by atoms with E-state index in [2.05, 4.69) is 15.6 Å². The molecular weight excluding hydrogens is 465 g/mol. The summed E-state index contributed by atoms with van der Waals surface area (Å²) in [5.41, 5.74) is -1.20. The van der Waals surface area contributed by atoms with Gasteiger partial charge < -0.3 is 24.7 Å². The van der Waals surface area contributed by atoms with Gasteiger partial charge in [-0.25, -0.2) is 4.98 Å². The molecule has 0 saturated heterocycles. The van der Waals surface area contributed by atoms with E-state index in [9.17, 15) is 22.8 Å². The van der Waals surface area contributed by atoms with Gasteiger partial charge in [-0.3, -0.25) is 9.59 Å². The normalized spacial score (nSPS) is 14.2. The van der Waals surface area contributed by atoms with Crippen molar-refractivity contribution in [3.05, 3.63) is 71.8 Å². The van der Waals surface area contributed by atoms with Gasteiger partial charge in [0.15, 0.2) is 5.82 Å². The van der Waals surface area contributed by atoms with Crippen LogP contribution >= 0.6 is 0 Å². The number of aryl methyl sites for hydroxylation is 1. The van der Waals surface area contributed by atoms with Crippen LogP contribution in [0.5, 0.6) is 17.2 Å². The predicted octanol–water partition coefficient (Wildman–Crippen LogP) is 3.82. The number of hydrogen-bond acceptors (Lipinski definition) is 5. The molecule has 1 aliphatic carbocycles. The Morgan fingerprint density at radius 2 is 1.80 bits per heavy atom. The zero-order valence-corrected chi connectivity index (χ0v) is 19.0. The van der Waals surface area contributed by atoms with E-state index in [1.54, 1.807) is 29.9 Å². The maximum atomic E-state index is 13.4. The molecule has 1 heterocycles. The van der Waals surface area contributed by atoms with Gasteiger partial charge >= 0.3 is 6.18 Å². The van der Waals surface area contributed by atoms with Gasteiger partial charge in [-0.15, -0.1) is 0 Å². The average molecular weight is 488 g/mol. The number of methoxy groups -OCH3 is 1. The number of amides is 2. The summed E-state index contributed by atoms with van der Waals surface area (Å²) in [6, 6.07) is 9.76. The fourth-order valence-electron chi connectivity index (χ4n) is 3.49. The quantitative estimate of drug-likeness (QED) is 0.503. The highest BCUT2D eigenvalue weighted by Crippen LogP contribution is 2.40. The first-order chi connectivity index (χ1) is 16.6. The fourth-order valence-corrected chi connectivity index (χ4v) is 3.49. The van der Waals surface area contributed by atoms with E-state index in [1.165, 1.54) is 37.6 Å². The zero-order chi connectivity index (χ0) is 25.2. The molecule has 35 heavy (non-hydrogen) atoms. The van der Waals surface area contributed by atoms with Crippen LogP contribution in [0.1, 0.15) is 34.6 Å². The number of nitrogens with zero attached hydrogens (tertiary/aromatic N) is 2. The van der Waals surface area contributed by atoms with Crippen LogP contribution in [-0.2, 0) is 24.6 Å². The highest BCUT2D eigenvalue weighted by molar-refractivity contribution is 5.98. The number of ether oxygens (including phenoxy) is 2. The summed E-state index contributed by atoms with van der Waals surface area (Å²) in [6.45, 7) is 0.176. The maximum Gasteiger partial charge on any atom is 0.420 e. The third kappa shape index (κ3) is 5.39. The number of alkyl halides is 3. The van der Waals surface area contributed by atoms with E-state index in [1.807, 2.05) is 0 Å². The van der Waals surface area contributed by atoms with Gasteiger partial charge in [0, 0.05) is 26.0 Å². The van der Waals surface area contributed by atoms with Gasteiger partial charge in [0.2, 0.25) is 5.91 Å². The van der Waals surface area contributed by atoms with Crippen molar-refractivity contribution < 1.29 is 32.2 Å². The summed E-state index contributed by atoms with van der Waals surface area (Å²) in [7, 11) is 2.97. The van der Waals surface area contributed by atoms with Crippen molar-refractivity contribution >= 4 is 11.8 Å². The number of carbonyl (C=O) groups excluding carboxylic acids is 2. The Bertz CT molecular complexity index is 1230. The van der Waals surface area contributed by atoms with Crippen molar-refractivity contribution in [2.24, 2.45) is 7.05 Å². The van der Waals surface area contributed by atoms with Crippen LogP contribution in [0.3, 0.4) is 0 Å². The van der Waals surface area contributed by atoms with Gasteiger partial charge in [0.25, 0.3) is 5.91 Å². The molecule has 1 saturated carbocycles. The lowest BCUT2D eigenvalue weighted by Crippen LogP contribution is -2.49. The molecule has 0 spiro atoms. The van der Waals surface area contributed by atoms with Crippen molar-refractivity contribution in [1.29, 1.82) is 0 Å². The molecule has 0 atom stereocenters. The van der Waals surface area contributed by atoms with Crippen LogP contribution < -0.4 is 20.1 Å². The second-order valence-corrected chi connectivity index (χ2v) is 8.19. The summed E-state index contributed by atoms with van der Waals surface area (Å²) in [4.78, 5) is 29.1. The van der Waals surface area contributed by atoms with Crippen molar-refractivity contribution in [2.45, 2.75) is 31.1 Å². The molecule has 0 unspecified atom stereocenters. The Morgan fingerprint density at radius 3 is 2.37 bits per heavy atom. The highest BCUT2D eigenvalue weighted by atomic mass is 19.4. The van der Waals surface area contributed by atoms with Crippen LogP contribution in [0, 0.1) is 0 Å². The molecule has 0 radical (unpaired) electrons. The van der Waals surface area contributed by atoms with Gasteiger partial charge in [-0.1, -0.05) is 12.1 Å². The standard InChI is InChI=1S/C24H23F3N4O4/c1-31-12-11-28-20(31)21(32)30-23(9-10-23)22(33)29-14-15-3-5-16(6-4-15)35-19-8-7-17(34-2)13-18(19)24(25,26)27/h3-8,11-13H,9-10,14H2,1-2H3,(H,29,33)(H,30,32). The molecule has 2 aromatic carbocycles. The number of imidazole rings is 1. The first-order valence-corrected chi connectivity index (χ1v) is 10.7. The van der Waals surface area contributed by atoms with E-state index < -0.39 is 23.2 Å². The van der Waals surface area contributed by atoms with Crippen molar-refractivity contribution in [2.75, 3.05) is 7.11 Å². The third-order valence-electron chi connectivity index (χ3n) is 5.66. The van der Waals surface area contributed by atoms with Gasteiger partial charge in [-0.2, -0.15) is 13.2 Å². The smallest absolute Gasteiger partial charge is 0.420 e. The Hall–Kier alpha value is -4.02. The molecule has 2 amide bonds. The van der Waals surface area contributed by atoms with E-state index in [0.717, 1.165) is 6.07 Å². The minimum Gasteiger partial charge on any atom is -0.497 e. The Morgan fingerprint density at radius 1 is 1.11 bits per heavy atom. The molecule has 11 heteroatoms. The van der Waals surface area contributed by atoms with Gasteiger partial charge in [0.1, 0.15) is 28.4 Å². The lowest BCUT2D eigenvalue weighted by atomic mass is 10.1. The van der Waals surface area contributed by atoms with E-state index in [4.69, 9.17) is 9.47 Å². The first kappa shape index (κ1) is 24.1. The molecule has 0 aliphatic heterocycles. The van der Waals surface area contributed by atoms with Gasteiger partial charge in [-0.05, 0) is 48.7 Å². The molecule has 4 rings (SSSR count). The van der Waals surface area contributed by atoms with Crippen molar-refractivity contribution in [3.63, 3.8) is 0 Å². The van der Waals surface area contributed by atoms with E-state index in [0.29, 0.717) is 18.4 Å². The predicted molar refractivity (Wildman–Crippen MR) is 119 cm³/mol. The lowest BCUT2D eigenvalue weighted by molar-refractivity contribution is -0.138. The van der Waals surface area contributed by atoms with E-state index in [-0.39, 0.29) is 35.5 Å². The summed E-state index contributed by atoms with van der Waals surface area (Å²) < 4.78 is 52.0. The summed E-state index contributed by atoms with van der Waals surface area (Å²) >= 11 is 0. The van der Waals surface area contributed by atoms with Crippen LogP contribution in [0.25, 0.3) is 0 Å². The second-order valence-electron chi connectivity index (χ2n) is 8.19. The molecular formula is C24H23F3N4O4. The largest absolute Gasteiger partial charge is 0.497 e. The van der Waals surface area contributed by atoms with Crippen molar-refractivity contribution in [1.82, 2.24) is 20.2 Å². The molecule has 3 aromatic rings. The highest BCUT2D eigenvalue weighted by Gasteiger charge is 2.51. The molecule has 1 fully saturated rings. The van der Waals surface area contributed by atoms with Crippen LogP contribution in [0.15, 0.2) is 54.9 Å². The minimum absolute atomic E-state index is 0.0697. The molecule has 1 aliphatic rings.